The lowest BCUT2D eigenvalue weighted by Gasteiger charge is -2.00. The van der Waals surface area contributed by atoms with Gasteiger partial charge < -0.3 is 10.2 Å². The molecule has 5 heteroatoms. The maximum Gasteiger partial charge on any atom is 0.313 e. The van der Waals surface area contributed by atoms with Crippen LogP contribution in [-0.4, -0.2) is 16.5 Å². The topological polar surface area (TPSA) is 64.9 Å². The third-order valence-electron chi connectivity index (χ3n) is 1.78. The van der Waals surface area contributed by atoms with Crippen LogP contribution < -0.4 is 5.73 Å². The summed E-state index contributed by atoms with van der Waals surface area (Å²) in [5, 5.41) is 7.46. The SMILES string of the molecule is CSc1ccccc1-c1nnc(N)o1. The Labute approximate surface area is 85.5 Å². The second-order valence-corrected chi connectivity index (χ2v) is 3.49. The third-order valence-corrected chi connectivity index (χ3v) is 2.57. The van der Waals surface area contributed by atoms with E-state index in [0.29, 0.717) is 5.89 Å². The van der Waals surface area contributed by atoms with Crippen molar-refractivity contribution in [3.05, 3.63) is 24.3 Å². The van der Waals surface area contributed by atoms with Crippen molar-refractivity contribution >= 4 is 17.8 Å². The predicted octanol–water partition coefficient (Wildman–Crippen LogP) is 2.04. The van der Waals surface area contributed by atoms with Gasteiger partial charge in [-0.2, -0.15) is 0 Å². The molecule has 1 heterocycles. The number of aromatic nitrogens is 2. The van der Waals surface area contributed by atoms with Crippen LogP contribution in [0, 0.1) is 0 Å². The Bertz CT molecular complexity index is 441. The molecule has 0 spiro atoms. The fourth-order valence-electron chi connectivity index (χ4n) is 1.16. The van der Waals surface area contributed by atoms with Gasteiger partial charge in [0, 0.05) is 4.90 Å². The molecule has 1 aromatic carbocycles. The second kappa shape index (κ2) is 3.71. The van der Waals surface area contributed by atoms with Crippen LogP contribution in [-0.2, 0) is 0 Å². The Morgan fingerprint density at radius 2 is 2.07 bits per heavy atom. The monoisotopic (exact) mass is 207 g/mol. The van der Waals surface area contributed by atoms with Gasteiger partial charge in [0.05, 0.1) is 5.56 Å². The number of rotatable bonds is 2. The molecule has 0 saturated carbocycles. The van der Waals surface area contributed by atoms with E-state index < -0.39 is 0 Å². The van der Waals surface area contributed by atoms with Crippen molar-refractivity contribution in [2.24, 2.45) is 0 Å². The predicted molar refractivity (Wildman–Crippen MR) is 55.9 cm³/mol. The molecule has 0 atom stereocenters. The van der Waals surface area contributed by atoms with Crippen LogP contribution in [0.15, 0.2) is 33.6 Å². The summed E-state index contributed by atoms with van der Waals surface area (Å²) in [5.74, 6) is 0.465. The lowest BCUT2D eigenvalue weighted by molar-refractivity contribution is 0.589. The van der Waals surface area contributed by atoms with Crippen molar-refractivity contribution in [2.45, 2.75) is 4.90 Å². The van der Waals surface area contributed by atoms with Crippen LogP contribution in [0.5, 0.6) is 0 Å². The number of nitrogens with two attached hydrogens (primary N) is 1. The molecule has 0 radical (unpaired) electrons. The van der Waals surface area contributed by atoms with E-state index in [4.69, 9.17) is 10.2 Å². The standard InChI is InChI=1S/C9H9N3OS/c1-14-7-5-3-2-4-6(7)8-11-12-9(10)13-8/h2-5H,1H3,(H2,10,12). The number of nitrogens with zero attached hydrogens (tertiary/aromatic N) is 2. The highest BCUT2D eigenvalue weighted by molar-refractivity contribution is 7.98. The Balaban J connectivity index is 2.50. The average Bonchev–Trinajstić information content (AvgIpc) is 2.65. The van der Waals surface area contributed by atoms with Gasteiger partial charge in [0.15, 0.2) is 0 Å². The fourth-order valence-corrected chi connectivity index (χ4v) is 1.75. The van der Waals surface area contributed by atoms with Crippen molar-refractivity contribution in [3.63, 3.8) is 0 Å². The minimum atomic E-state index is 0.0934. The van der Waals surface area contributed by atoms with Crippen molar-refractivity contribution in [3.8, 4) is 11.5 Å². The van der Waals surface area contributed by atoms with Crippen molar-refractivity contribution in [2.75, 3.05) is 12.0 Å². The lowest BCUT2D eigenvalue weighted by Crippen LogP contribution is -1.81. The van der Waals surface area contributed by atoms with Crippen LogP contribution in [0.2, 0.25) is 0 Å². The largest absolute Gasteiger partial charge is 0.404 e. The van der Waals surface area contributed by atoms with Gasteiger partial charge in [0.25, 0.3) is 5.89 Å². The molecule has 0 saturated heterocycles. The van der Waals surface area contributed by atoms with E-state index in [1.54, 1.807) is 11.8 Å². The number of anilines is 1. The van der Waals surface area contributed by atoms with Crippen LogP contribution in [0.4, 0.5) is 6.01 Å². The Morgan fingerprint density at radius 3 is 2.71 bits per heavy atom. The molecule has 4 nitrogen and oxygen atoms in total. The number of nitrogen functional groups attached to an aromatic ring is 1. The first-order valence-corrected chi connectivity index (χ1v) is 5.26. The van der Waals surface area contributed by atoms with E-state index in [9.17, 15) is 0 Å². The van der Waals surface area contributed by atoms with Crippen LogP contribution >= 0.6 is 11.8 Å². The van der Waals surface area contributed by atoms with Crippen molar-refractivity contribution in [1.82, 2.24) is 10.2 Å². The number of hydrogen-bond donors (Lipinski definition) is 1. The Hall–Kier alpha value is -1.49. The smallest absolute Gasteiger partial charge is 0.313 e. The van der Waals surface area contributed by atoms with Gasteiger partial charge in [-0.15, -0.1) is 16.9 Å². The van der Waals surface area contributed by atoms with E-state index in [1.807, 2.05) is 30.5 Å². The molecule has 0 bridgehead atoms. The molecular weight excluding hydrogens is 198 g/mol. The molecule has 2 aromatic rings. The van der Waals surface area contributed by atoms with Gasteiger partial charge in [-0.3, -0.25) is 0 Å². The Kier molecular flexibility index (Phi) is 2.41. The third kappa shape index (κ3) is 1.58. The van der Waals surface area contributed by atoms with E-state index in [1.165, 1.54) is 0 Å². The van der Waals surface area contributed by atoms with Gasteiger partial charge in [-0.25, -0.2) is 0 Å². The minimum absolute atomic E-state index is 0.0934. The molecular formula is C9H9N3OS. The lowest BCUT2D eigenvalue weighted by atomic mass is 10.2. The highest BCUT2D eigenvalue weighted by atomic mass is 32.2. The molecule has 1 aromatic heterocycles. The summed E-state index contributed by atoms with van der Waals surface area (Å²) in [7, 11) is 0. The summed E-state index contributed by atoms with van der Waals surface area (Å²) in [6, 6.07) is 7.92. The van der Waals surface area contributed by atoms with Crippen molar-refractivity contribution < 1.29 is 4.42 Å². The summed E-state index contributed by atoms with van der Waals surface area (Å²) in [5.41, 5.74) is 6.28. The zero-order valence-corrected chi connectivity index (χ0v) is 8.41. The van der Waals surface area contributed by atoms with E-state index in [2.05, 4.69) is 10.2 Å². The van der Waals surface area contributed by atoms with Gasteiger partial charge in [-0.1, -0.05) is 17.2 Å². The summed E-state index contributed by atoms with van der Waals surface area (Å²) >= 11 is 1.63. The van der Waals surface area contributed by atoms with E-state index in [-0.39, 0.29) is 6.01 Å². The van der Waals surface area contributed by atoms with Gasteiger partial charge in [-0.05, 0) is 18.4 Å². The summed E-state index contributed by atoms with van der Waals surface area (Å²) < 4.78 is 5.15. The zero-order chi connectivity index (χ0) is 9.97. The highest BCUT2D eigenvalue weighted by Gasteiger charge is 2.09. The van der Waals surface area contributed by atoms with Crippen LogP contribution in [0.25, 0.3) is 11.5 Å². The Morgan fingerprint density at radius 1 is 1.29 bits per heavy atom. The molecule has 14 heavy (non-hydrogen) atoms. The van der Waals surface area contributed by atoms with Gasteiger partial charge in [0.2, 0.25) is 0 Å². The summed E-state index contributed by atoms with van der Waals surface area (Å²) in [6.07, 6.45) is 2.00. The van der Waals surface area contributed by atoms with Gasteiger partial charge >= 0.3 is 6.01 Å². The quantitative estimate of drug-likeness (QED) is 0.763. The summed E-state index contributed by atoms with van der Waals surface area (Å²) in [4.78, 5) is 1.09. The maximum absolute atomic E-state index is 5.36. The average molecular weight is 207 g/mol. The highest BCUT2D eigenvalue weighted by Crippen LogP contribution is 2.28. The number of hydrogen-bond acceptors (Lipinski definition) is 5. The molecule has 0 fully saturated rings. The minimum Gasteiger partial charge on any atom is -0.404 e. The molecule has 0 aliphatic carbocycles. The molecule has 2 rings (SSSR count). The normalized spacial score (nSPS) is 10.4. The molecule has 0 unspecified atom stereocenters. The van der Waals surface area contributed by atoms with E-state index >= 15 is 0 Å². The van der Waals surface area contributed by atoms with Gasteiger partial charge in [0.1, 0.15) is 0 Å². The fraction of sp³-hybridized carbons (Fsp3) is 0.111. The van der Waals surface area contributed by atoms with Crippen LogP contribution in [0.1, 0.15) is 0 Å². The molecule has 0 aliphatic heterocycles. The molecule has 2 N–H and O–H groups in total. The molecule has 72 valence electrons. The number of thioether (sulfide) groups is 1. The summed E-state index contributed by atoms with van der Waals surface area (Å²) in [6.45, 7) is 0. The number of benzene rings is 1. The van der Waals surface area contributed by atoms with E-state index in [0.717, 1.165) is 10.5 Å². The molecule has 0 amide bonds. The molecule has 0 aliphatic rings. The first kappa shape index (κ1) is 9.08. The van der Waals surface area contributed by atoms with Crippen LogP contribution in [0.3, 0.4) is 0 Å². The van der Waals surface area contributed by atoms with Crippen molar-refractivity contribution in [1.29, 1.82) is 0 Å². The first-order chi connectivity index (χ1) is 6.81. The second-order valence-electron chi connectivity index (χ2n) is 2.65. The first-order valence-electron chi connectivity index (χ1n) is 4.03. The maximum atomic E-state index is 5.36. The zero-order valence-electron chi connectivity index (χ0n) is 7.60.